The number of aromatic nitrogens is 3. The lowest BCUT2D eigenvalue weighted by molar-refractivity contribution is 0.101. The van der Waals surface area contributed by atoms with Crippen LogP contribution in [0.2, 0.25) is 0 Å². The summed E-state index contributed by atoms with van der Waals surface area (Å²) in [5, 5.41) is 12.1. The van der Waals surface area contributed by atoms with E-state index in [2.05, 4.69) is 20.6 Å². The van der Waals surface area contributed by atoms with Crippen molar-refractivity contribution in [3.63, 3.8) is 0 Å². The molecule has 0 atom stereocenters. The Morgan fingerprint density at radius 1 is 1.21 bits per heavy atom. The Labute approximate surface area is 139 Å². The maximum atomic E-state index is 12.4. The van der Waals surface area contributed by atoms with Crippen LogP contribution in [0.4, 0.5) is 5.69 Å². The summed E-state index contributed by atoms with van der Waals surface area (Å²) < 4.78 is 15.5. The van der Waals surface area contributed by atoms with Gasteiger partial charge < -0.3 is 18.8 Å². The number of carbonyl (C=O) groups excluding carboxylic acids is 1. The smallest absolute Gasteiger partial charge is 0.277 e. The van der Waals surface area contributed by atoms with Gasteiger partial charge in [0.25, 0.3) is 11.8 Å². The molecule has 0 bridgehead atoms. The predicted molar refractivity (Wildman–Crippen MR) is 84.5 cm³/mol. The van der Waals surface area contributed by atoms with E-state index in [4.69, 9.17) is 13.5 Å². The van der Waals surface area contributed by atoms with Gasteiger partial charge in [-0.25, -0.2) is 0 Å². The topological polar surface area (TPSA) is 107 Å². The lowest BCUT2D eigenvalue weighted by Crippen LogP contribution is -2.12. The highest BCUT2D eigenvalue weighted by Gasteiger charge is 2.19. The molecule has 120 valence electrons. The third kappa shape index (κ3) is 2.61. The Morgan fingerprint density at radius 2 is 2.12 bits per heavy atom. The van der Waals surface area contributed by atoms with Crippen LogP contribution >= 0.6 is 11.3 Å². The molecular formula is C15H10N4O4S. The van der Waals surface area contributed by atoms with Crippen molar-refractivity contribution in [1.29, 1.82) is 0 Å². The third-order valence-corrected chi connectivity index (χ3v) is 4.04. The van der Waals surface area contributed by atoms with E-state index in [0.717, 1.165) is 0 Å². The largest absolute Gasteiger partial charge is 0.461 e. The predicted octanol–water partition coefficient (Wildman–Crippen LogP) is 3.61. The van der Waals surface area contributed by atoms with Gasteiger partial charge in [-0.05, 0) is 30.5 Å². The fourth-order valence-corrected chi connectivity index (χ4v) is 2.84. The number of aryl methyl sites for hydroxylation is 1. The molecule has 0 aliphatic rings. The minimum Gasteiger partial charge on any atom is -0.461 e. The molecule has 0 radical (unpaired) electrons. The summed E-state index contributed by atoms with van der Waals surface area (Å²) in [4.78, 5) is 17.2. The molecule has 4 aromatic rings. The van der Waals surface area contributed by atoms with Crippen molar-refractivity contribution in [2.24, 2.45) is 0 Å². The van der Waals surface area contributed by atoms with E-state index in [1.165, 1.54) is 23.7 Å². The van der Waals surface area contributed by atoms with Crippen molar-refractivity contribution in [2.45, 2.75) is 6.92 Å². The Kier molecular flexibility index (Phi) is 3.47. The van der Waals surface area contributed by atoms with Crippen molar-refractivity contribution in [2.75, 3.05) is 5.32 Å². The summed E-state index contributed by atoms with van der Waals surface area (Å²) in [6, 6.07) is 6.71. The van der Waals surface area contributed by atoms with Gasteiger partial charge in [-0.15, -0.1) is 11.3 Å². The number of carbonyl (C=O) groups is 1. The van der Waals surface area contributed by atoms with Crippen LogP contribution in [-0.2, 0) is 0 Å². The van der Waals surface area contributed by atoms with Crippen molar-refractivity contribution < 1.29 is 18.3 Å². The summed E-state index contributed by atoms with van der Waals surface area (Å²) in [6.07, 6.45) is 1.52. The van der Waals surface area contributed by atoms with Gasteiger partial charge in [0, 0.05) is 6.07 Å². The molecule has 0 aromatic carbocycles. The second-order valence-electron chi connectivity index (χ2n) is 4.82. The molecule has 0 aliphatic carbocycles. The monoisotopic (exact) mass is 342 g/mol. The average Bonchev–Trinajstić information content (AvgIpc) is 3.34. The molecule has 0 unspecified atom stereocenters. The van der Waals surface area contributed by atoms with Crippen molar-refractivity contribution in [3.05, 3.63) is 47.4 Å². The Bertz CT molecular complexity index is 983. The van der Waals surface area contributed by atoms with Crippen molar-refractivity contribution in [1.82, 2.24) is 15.3 Å². The zero-order chi connectivity index (χ0) is 16.5. The molecule has 4 heterocycles. The first-order valence-corrected chi connectivity index (χ1v) is 7.79. The SMILES string of the molecule is Cc1noc(-c2sccc2NC(=O)c2cc(-c3ccco3)on2)n1. The minimum absolute atomic E-state index is 0.139. The maximum Gasteiger partial charge on any atom is 0.277 e. The fourth-order valence-electron chi connectivity index (χ4n) is 2.07. The average molecular weight is 342 g/mol. The van der Waals surface area contributed by atoms with E-state index in [-0.39, 0.29) is 5.69 Å². The number of furan rings is 1. The second kappa shape index (κ2) is 5.78. The second-order valence-corrected chi connectivity index (χ2v) is 5.73. The molecule has 0 fully saturated rings. The highest BCUT2D eigenvalue weighted by molar-refractivity contribution is 7.14. The fraction of sp³-hybridized carbons (Fsp3) is 0.0667. The molecule has 9 heteroatoms. The summed E-state index contributed by atoms with van der Waals surface area (Å²) in [6.45, 7) is 1.73. The van der Waals surface area contributed by atoms with Gasteiger partial charge in [0.05, 0.1) is 12.0 Å². The van der Waals surface area contributed by atoms with E-state index in [1.54, 1.807) is 25.1 Å². The summed E-state index contributed by atoms with van der Waals surface area (Å²) in [5.41, 5.74) is 0.705. The number of hydrogen-bond acceptors (Lipinski definition) is 8. The Morgan fingerprint density at radius 3 is 2.88 bits per heavy atom. The van der Waals surface area contributed by atoms with Crippen molar-refractivity contribution >= 4 is 22.9 Å². The van der Waals surface area contributed by atoms with Crippen LogP contribution in [0.1, 0.15) is 16.3 Å². The van der Waals surface area contributed by atoms with Gasteiger partial charge >= 0.3 is 0 Å². The molecule has 4 aromatic heterocycles. The zero-order valence-electron chi connectivity index (χ0n) is 12.3. The third-order valence-electron chi connectivity index (χ3n) is 3.14. The molecule has 4 rings (SSSR count). The number of nitrogens with one attached hydrogen (secondary N) is 1. The minimum atomic E-state index is -0.410. The number of thiophene rings is 1. The first kappa shape index (κ1) is 14.4. The van der Waals surface area contributed by atoms with Crippen LogP contribution in [0.3, 0.4) is 0 Å². The van der Waals surface area contributed by atoms with E-state index in [0.29, 0.717) is 33.8 Å². The first-order valence-electron chi connectivity index (χ1n) is 6.91. The lowest BCUT2D eigenvalue weighted by atomic mass is 10.3. The highest BCUT2D eigenvalue weighted by Crippen LogP contribution is 2.32. The van der Waals surface area contributed by atoms with Crippen LogP contribution in [0.15, 0.2) is 49.4 Å². The first-order chi connectivity index (χ1) is 11.7. The molecule has 1 amide bonds. The van der Waals surface area contributed by atoms with Crippen LogP contribution in [0.5, 0.6) is 0 Å². The molecule has 24 heavy (non-hydrogen) atoms. The van der Waals surface area contributed by atoms with E-state index in [1.807, 2.05) is 5.38 Å². The van der Waals surface area contributed by atoms with Crippen LogP contribution in [0, 0.1) is 6.92 Å². The molecule has 0 saturated heterocycles. The number of hydrogen-bond donors (Lipinski definition) is 1. The number of amides is 1. The normalized spacial score (nSPS) is 10.9. The van der Waals surface area contributed by atoms with Crippen LogP contribution in [0.25, 0.3) is 22.3 Å². The van der Waals surface area contributed by atoms with Crippen LogP contribution < -0.4 is 5.32 Å². The number of nitrogens with zero attached hydrogens (tertiary/aromatic N) is 3. The van der Waals surface area contributed by atoms with E-state index < -0.39 is 5.91 Å². The number of anilines is 1. The molecule has 0 aliphatic heterocycles. The summed E-state index contributed by atoms with van der Waals surface area (Å²) in [5.74, 6) is 1.35. The van der Waals surface area contributed by atoms with Crippen molar-refractivity contribution in [3.8, 4) is 22.3 Å². The zero-order valence-corrected chi connectivity index (χ0v) is 13.2. The molecule has 0 saturated carbocycles. The number of rotatable bonds is 4. The summed E-state index contributed by atoms with van der Waals surface area (Å²) >= 11 is 1.39. The maximum absolute atomic E-state index is 12.4. The van der Waals surface area contributed by atoms with E-state index in [9.17, 15) is 4.79 Å². The quantitative estimate of drug-likeness (QED) is 0.603. The summed E-state index contributed by atoms with van der Waals surface area (Å²) in [7, 11) is 0. The molecule has 1 N–H and O–H groups in total. The standard InChI is InChI=1S/C15H10N4O4S/c1-8-16-15(23-18-8)13-9(4-6-24-13)17-14(20)10-7-12(22-19-10)11-3-2-5-21-11/h2-7H,1H3,(H,17,20). The van der Waals surface area contributed by atoms with Gasteiger partial charge in [-0.1, -0.05) is 10.3 Å². The van der Waals surface area contributed by atoms with Gasteiger partial charge in [-0.2, -0.15) is 4.98 Å². The molecular weight excluding hydrogens is 332 g/mol. The lowest BCUT2D eigenvalue weighted by Gasteiger charge is -2.01. The van der Waals surface area contributed by atoms with Gasteiger partial charge in [0.15, 0.2) is 17.3 Å². The van der Waals surface area contributed by atoms with E-state index >= 15 is 0 Å². The molecule has 0 spiro atoms. The van der Waals surface area contributed by atoms with Crippen LogP contribution in [-0.4, -0.2) is 21.2 Å². The van der Waals surface area contributed by atoms with Gasteiger partial charge in [-0.3, -0.25) is 4.79 Å². The van der Waals surface area contributed by atoms with Gasteiger partial charge in [0.1, 0.15) is 4.88 Å². The van der Waals surface area contributed by atoms with Gasteiger partial charge in [0.2, 0.25) is 5.76 Å². The molecule has 8 nitrogen and oxygen atoms in total. The Hall–Kier alpha value is -3.20. The highest BCUT2D eigenvalue weighted by atomic mass is 32.1. The Balaban J connectivity index is 1.56.